The quantitative estimate of drug-likeness (QED) is 0.217. The van der Waals surface area contributed by atoms with Gasteiger partial charge in [0.1, 0.15) is 0 Å². The molecule has 2 aliphatic rings. The van der Waals surface area contributed by atoms with Crippen molar-refractivity contribution in [2.75, 3.05) is 6.61 Å². The second-order valence-electron chi connectivity index (χ2n) is 16.4. The second-order valence-corrected chi connectivity index (χ2v) is 20.7. The Hall–Kier alpha value is -1.94. The van der Waals surface area contributed by atoms with Crippen molar-refractivity contribution >= 4 is 18.7 Å². The van der Waals surface area contributed by atoms with E-state index in [1.54, 1.807) is 0 Å². The highest BCUT2D eigenvalue weighted by Crippen LogP contribution is 2.66. The van der Waals surface area contributed by atoms with E-state index in [-0.39, 0.29) is 21.8 Å². The van der Waals surface area contributed by atoms with Crippen LogP contribution in [-0.2, 0) is 4.43 Å². The van der Waals surface area contributed by atoms with Gasteiger partial charge < -0.3 is 9.53 Å². The maximum Gasteiger partial charge on any atom is 0.261 e. The van der Waals surface area contributed by atoms with E-state index in [4.69, 9.17) is 4.43 Å². The van der Waals surface area contributed by atoms with Crippen LogP contribution in [0.4, 0.5) is 0 Å². The Morgan fingerprint density at radius 3 is 2.02 bits per heavy atom. The van der Waals surface area contributed by atoms with Crippen LogP contribution in [-0.4, -0.2) is 25.6 Å². The zero-order chi connectivity index (χ0) is 31.6. The molecular formula is C40H60O2Si. The molecule has 0 aliphatic heterocycles. The van der Waals surface area contributed by atoms with Gasteiger partial charge in [-0.3, -0.25) is 0 Å². The highest BCUT2D eigenvalue weighted by atomic mass is 28.4. The Balaban J connectivity index is 1.43. The second kappa shape index (κ2) is 12.8. The molecule has 2 saturated carbocycles. The molecule has 236 valence electrons. The standard InChI is InChI=1S/C40H60O2Si/c1-32(31-42-43(36(2,3)4,33-22-15-12-16-23-33)34-24-17-13-18-25-34)21-14-10-11-19-29-40(41)38(7,8)30-26-35-37(5,6)27-20-28-39(35,40)9/h10-18,21-25,32,35,41H,19-20,26-31H2,1-9H3/b11-10+,21-14+/t32-,35-,39-,40+/m0/s1. The number of benzene rings is 2. The number of hydrogen-bond donors (Lipinski definition) is 1. The van der Waals surface area contributed by atoms with Crippen molar-refractivity contribution in [2.45, 2.75) is 118 Å². The Kier molecular flexibility index (Phi) is 10.1. The number of rotatable bonds is 10. The Morgan fingerprint density at radius 1 is 0.884 bits per heavy atom. The van der Waals surface area contributed by atoms with Crippen molar-refractivity contribution in [3.8, 4) is 0 Å². The summed E-state index contributed by atoms with van der Waals surface area (Å²) in [6, 6.07) is 21.8. The molecule has 2 nitrogen and oxygen atoms in total. The van der Waals surface area contributed by atoms with E-state index in [9.17, 15) is 5.11 Å². The lowest BCUT2D eigenvalue weighted by Gasteiger charge is -2.66. The Labute approximate surface area is 265 Å². The summed E-state index contributed by atoms with van der Waals surface area (Å²) in [4.78, 5) is 0. The van der Waals surface area contributed by atoms with Gasteiger partial charge in [0.05, 0.1) is 5.60 Å². The number of fused-ring (bicyclic) bond motifs is 1. The molecule has 0 aromatic heterocycles. The van der Waals surface area contributed by atoms with Gasteiger partial charge in [-0.25, -0.2) is 0 Å². The van der Waals surface area contributed by atoms with Gasteiger partial charge in [-0.1, -0.05) is 154 Å². The fraction of sp³-hybridized carbons (Fsp3) is 0.600. The monoisotopic (exact) mass is 600 g/mol. The summed E-state index contributed by atoms with van der Waals surface area (Å²) in [6.45, 7) is 21.9. The third kappa shape index (κ3) is 6.42. The average molecular weight is 601 g/mol. The van der Waals surface area contributed by atoms with Crippen LogP contribution in [0.2, 0.25) is 5.04 Å². The van der Waals surface area contributed by atoms with E-state index >= 15 is 0 Å². The van der Waals surface area contributed by atoms with Crippen LogP contribution in [0.1, 0.15) is 107 Å². The molecule has 3 heteroatoms. The molecule has 2 aromatic rings. The lowest BCUT2D eigenvalue weighted by atomic mass is 9.41. The third-order valence-electron chi connectivity index (χ3n) is 11.7. The van der Waals surface area contributed by atoms with Gasteiger partial charge >= 0.3 is 0 Å². The van der Waals surface area contributed by atoms with E-state index in [0.717, 1.165) is 25.7 Å². The Bertz CT molecular complexity index is 1200. The highest BCUT2D eigenvalue weighted by molar-refractivity contribution is 6.99. The predicted octanol–water partition coefficient (Wildman–Crippen LogP) is 9.48. The zero-order valence-electron chi connectivity index (χ0n) is 28.7. The van der Waals surface area contributed by atoms with Crippen molar-refractivity contribution in [1.29, 1.82) is 0 Å². The first-order valence-electron chi connectivity index (χ1n) is 16.9. The third-order valence-corrected chi connectivity index (χ3v) is 16.7. The summed E-state index contributed by atoms with van der Waals surface area (Å²) in [5.41, 5.74) is -0.427. The SMILES string of the molecule is C[C@@H](/C=C/C=C/CC[C@@]1(O)C(C)(C)CC[C@H]2C(C)(C)CCC[C@@]21C)CO[Si](c1ccccc1)(c1ccccc1)C(C)(C)C. The van der Waals surface area contributed by atoms with Crippen molar-refractivity contribution in [1.82, 2.24) is 0 Å². The zero-order valence-corrected chi connectivity index (χ0v) is 29.7. The first kappa shape index (κ1) is 33.9. The molecule has 43 heavy (non-hydrogen) atoms. The molecule has 0 unspecified atom stereocenters. The van der Waals surface area contributed by atoms with Crippen LogP contribution in [0.3, 0.4) is 0 Å². The van der Waals surface area contributed by atoms with Crippen LogP contribution in [0.5, 0.6) is 0 Å². The van der Waals surface area contributed by atoms with E-state index in [0.29, 0.717) is 17.9 Å². The van der Waals surface area contributed by atoms with Crippen LogP contribution >= 0.6 is 0 Å². The molecule has 2 aromatic carbocycles. The normalized spacial score (nSPS) is 28.2. The van der Waals surface area contributed by atoms with Crippen molar-refractivity contribution in [3.05, 3.63) is 85.0 Å². The number of aliphatic hydroxyl groups is 1. The molecule has 0 amide bonds. The molecule has 4 atom stereocenters. The van der Waals surface area contributed by atoms with Crippen LogP contribution < -0.4 is 10.4 Å². The van der Waals surface area contributed by atoms with Crippen LogP contribution in [0, 0.1) is 28.1 Å². The number of allylic oxidation sites excluding steroid dienone is 3. The van der Waals surface area contributed by atoms with E-state index in [1.165, 1.54) is 29.6 Å². The van der Waals surface area contributed by atoms with Crippen LogP contribution in [0.25, 0.3) is 0 Å². The molecule has 2 aliphatic carbocycles. The summed E-state index contributed by atoms with van der Waals surface area (Å²) in [6.07, 6.45) is 16.7. The Morgan fingerprint density at radius 2 is 1.47 bits per heavy atom. The summed E-state index contributed by atoms with van der Waals surface area (Å²) in [5.74, 6) is 0.879. The lowest BCUT2D eigenvalue weighted by molar-refractivity contribution is -0.243. The van der Waals surface area contributed by atoms with Gasteiger partial charge in [0, 0.05) is 12.0 Å². The largest absolute Gasteiger partial charge is 0.407 e. The fourth-order valence-electron chi connectivity index (χ4n) is 9.23. The minimum atomic E-state index is -2.53. The smallest absolute Gasteiger partial charge is 0.261 e. The molecule has 0 radical (unpaired) electrons. The minimum Gasteiger partial charge on any atom is -0.407 e. The lowest BCUT2D eigenvalue weighted by Crippen LogP contribution is -2.66. The van der Waals surface area contributed by atoms with Crippen molar-refractivity contribution in [3.63, 3.8) is 0 Å². The van der Waals surface area contributed by atoms with Gasteiger partial charge in [0.2, 0.25) is 0 Å². The van der Waals surface area contributed by atoms with Crippen LogP contribution in [0.15, 0.2) is 85.0 Å². The molecule has 0 saturated heterocycles. The van der Waals surface area contributed by atoms with E-state index in [1.807, 2.05) is 0 Å². The highest BCUT2D eigenvalue weighted by Gasteiger charge is 2.64. The van der Waals surface area contributed by atoms with Gasteiger partial charge in [0.15, 0.2) is 0 Å². The molecule has 1 N–H and O–H groups in total. The molecule has 0 heterocycles. The summed E-state index contributed by atoms with van der Waals surface area (Å²) in [7, 11) is -2.53. The molecule has 0 bridgehead atoms. The van der Waals surface area contributed by atoms with Gasteiger partial charge in [-0.2, -0.15) is 0 Å². The van der Waals surface area contributed by atoms with Gasteiger partial charge in [0.25, 0.3) is 8.32 Å². The molecule has 2 fully saturated rings. The fourth-order valence-corrected chi connectivity index (χ4v) is 13.9. The first-order chi connectivity index (χ1) is 20.1. The van der Waals surface area contributed by atoms with Crippen molar-refractivity contribution in [2.24, 2.45) is 28.1 Å². The van der Waals surface area contributed by atoms with E-state index in [2.05, 4.69) is 147 Å². The molecular weight excluding hydrogens is 541 g/mol. The topological polar surface area (TPSA) is 29.5 Å². The van der Waals surface area contributed by atoms with Crippen molar-refractivity contribution < 1.29 is 9.53 Å². The van der Waals surface area contributed by atoms with E-state index < -0.39 is 13.9 Å². The number of hydrogen-bond acceptors (Lipinski definition) is 2. The molecule has 4 rings (SSSR count). The summed E-state index contributed by atoms with van der Waals surface area (Å²) in [5, 5.41) is 15.1. The average Bonchev–Trinajstić information content (AvgIpc) is 2.94. The first-order valence-corrected chi connectivity index (χ1v) is 18.8. The summed E-state index contributed by atoms with van der Waals surface area (Å²) >= 11 is 0. The maximum absolute atomic E-state index is 12.5. The predicted molar refractivity (Wildman–Crippen MR) is 187 cm³/mol. The minimum absolute atomic E-state index is 0.0185. The van der Waals surface area contributed by atoms with Gasteiger partial charge in [-0.05, 0) is 76.6 Å². The summed E-state index contributed by atoms with van der Waals surface area (Å²) < 4.78 is 7.13. The van der Waals surface area contributed by atoms with Gasteiger partial charge in [-0.15, -0.1) is 0 Å². The molecule has 0 spiro atoms. The maximum atomic E-state index is 12.5.